The Labute approximate surface area is 201 Å². The van der Waals surface area contributed by atoms with E-state index in [1.807, 2.05) is 75.0 Å². The molecule has 9 heteroatoms. The van der Waals surface area contributed by atoms with Crippen LogP contribution in [0.5, 0.6) is 0 Å². The summed E-state index contributed by atoms with van der Waals surface area (Å²) in [6.07, 6.45) is 2.43. The summed E-state index contributed by atoms with van der Waals surface area (Å²) in [5, 5.41) is 10.9. The van der Waals surface area contributed by atoms with Crippen molar-refractivity contribution in [3.05, 3.63) is 48.3 Å². The number of likely N-dealkylation sites (tertiary alicyclic amines) is 1. The lowest BCUT2D eigenvalue weighted by atomic mass is 10.2. The number of aromatic nitrogens is 2. The van der Waals surface area contributed by atoms with E-state index < -0.39 is 5.60 Å². The average molecular weight is 540 g/mol. The van der Waals surface area contributed by atoms with Crippen molar-refractivity contribution in [3.8, 4) is 5.69 Å². The van der Waals surface area contributed by atoms with E-state index in [0.29, 0.717) is 13.1 Å². The van der Waals surface area contributed by atoms with Crippen LogP contribution >= 0.6 is 24.0 Å². The van der Waals surface area contributed by atoms with Gasteiger partial charge in [-0.05, 0) is 52.3 Å². The van der Waals surface area contributed by atoms with Crippen LogP contribution in [-0.4, -0.2) is 58.0 Å². The maximum atomic E-state index is 12.0. The average Bonchev–Trinajstić information content (AvgIpc) is 3.34. The fourth-order valence-corrected chi connectivity index (χ4v) is 3.30. The molecule has 2 heterocycles. The smallest absolute Gasteiger partial charge is 0.407 e. The third-order valence-electron chi connectivity index (χ3n) is 4.60. The number of ether oxygens (including phenoxy) is 1. The highest BCUT2D eigenvalue weighted by Gasteiger charge is 2.27. The van der Waals surface area contributed by atoms with Crippen LogP contribution in [0.4, 0.5) is 4.79 Å². The minimum absolute atomic E-state index is 0. The molecule has 31 heavy (non-hydrogen) atoms. The summed E-state index contributed by atoms with van der Waals surface area (Å²) in [6.45, 7) is 10.4. The lowest BCUT2D eigenvalue weighted by Gasteiger charge is -2.23. The number of carbonyl (C=O) groups is 1. The molecule has 1 amide bonds. The maximum Gasteiger partial charge on any atom is 0.407 e. The van der Waals surface area contributed by atoms with Crippen LogP contribution in [-0.2, 0) is 11.3 Å². The molecule has 1 unspecified atom stereocenters. The lowest BCUT2D eigenvalue weighted by molar-refractivity contribution is 0.0507. The SMILES string of the molecule is CCNC(=NCc1ccn(-c2ccccc2)n1)N1CCC(NC(=O)OC(C)(C)C)C1.I. The first kappa shape index (κ1) is 25.0. The predicted octanol–water partition coefficient (Wildman–Crippen LogP) is 3.55. The number of hydrogen-bond donors (Lipinski definition) is 2. The number of para-hydroxylation sites is 1. The number of amides is 1. The van der Waals surface area contributed by atoms with Gasteiger partial charge in [0.15, 0.2) is 5.96 Å². The monoisotopic (exact) mass is 540 g/mol. The Kier molecular flexibility index (Phi) is 9.15. The normalized spacial score (nSPS) is 16.6. The van der Waals surface area contributed by atoms with Gasteiger partial charge < -0.3 is 20.3 Å². The van der Waals surface area contributed by atoms with Gasteiger partial charge in [0.05, 0.1) is 24.0 Å². The Morgan fingerprint density at radius 3 is 2.68 bits per heavy atom. The summed E-state index contributed by atoms with van der Waals surface area (Å²) in [4.78, 5) is 19.0. The largest absolute Gasteiger partial charge is 0.444 e. The highest BCUT2D eigenvalue weighted by molar-refractivity contribution is 14.0. The van der Waals surface area contributed by atoms with Gasteiger partial charge in [-0.1, -0.05) is 18.2 Å². The number of rotatable bonds is 5. The van der Waals surface area contributed by atoms with Gasteiger partial charge in [0.2, 0.25) is 0 Å². The van der Waals surface area contributed by atoms with Crippen molar-refractivity contribution >= 4 is 36.0 Å². The molecule has 2 aromatic rings. The van der Waals surface area contributed by atoms with Gasteiger partial charge in [0, 0.05) is 25.8 Å². The van der Waals surface area contributed by atoms with Crippen molar-refractivity contribution in [2.45, 2.75) is 52.3 Å². The van der Waals surface area contributed by atoms with Crippen molar-refractivity contribution in [3.63, 3.8) is 0 Å². The maximum absolute atomic E-state index is 12.0. The zero-order chi connectivity index (χ0) is 21.6. The number of aliphatic imine (C=N–C) groups is 1. The number of carbonyl (C=O) groups excluding carboxylic acids is 1. The number of benzene rings is 1. The molecule has 0 radical (unpaired) electrons. The summed E-state index contributed by atoms with van der Waals surface area (Å²) in [7, 11) is 0. The van der Waals surface area contributed by atoms with Crippen LogP contribution in [0.25, 0.3) is 5.69 Å². The Balaban J connectivity index is 0.00000341. The van der Waals surface area contributed by atoms with Gasteiger partial charge in [-0.25, -0.2) is 14.5 Å². The van der Waals surface area contributed by atoms with Crippen molar-refractivity contribution in [1.29, 1.82) is 0 Å². The van der Waals surface area contributed by atoms with Gasteiger partial charge in [0.25, 0.3) is 0 Å². The van der Waals surface area contributed by atoms with Gasteiger partial charge in [0.1, 0.15) is 5.60 Å². The molecule has 2 N–H and O–H groups in total. The molecule has 1 aromatic heterocycles. The zero-order valence-corrected chi connectivity index (χ0v) is 21.0. The first-order valence-electron chi connectivity index (χ1n) is 10.5. The molecule has 0 saturated carbocycles. The minimum Gasteiger partial charge on any atom is -0.444 e. The Morgan fingerprint density at radius 2 is 2.00 bits per heavy atom. The van der Waals surface area contributed by atoms with Crippen molar-refractivity contribution in [2.24, 2.45) is 4.99 Å². The molecule has 1 fully saturated rings. The van der Waals surface area contributed by atoms with E-state index in [2.05, 4.69) is 20.6 Å². The van der Waals surface area contributed by atoms with Crippen molar-refractivity contribution < 1.29 is 9.53 Å². The van der Waals surface area contributed by atoms with E-state index in [1.54, 1.807) is 0 Å². The van der Waals surface area contributed by atoms with E-state index in [0.717, 1.165) is 36.9 Å². The molecule has 1 aliphatic rings. The quantitative estimate of drug-likeness (QED) is 0.345. The fourth-order valence-electron chi connectivity index (χ4n) is 3.30. The van der Waals surface area contributed by atoms with Gasteiger partial charge in [-0.15, -0.1) is 24.0 Å². The zero-order valence-electron chi connectivity index (χ0n) is 18.7. The third-order valence-corrected chi connectivity index (χ3v) is 4.60. The number of hydrogen-bond acceptors (Lipinski definition) is 4. The van der Waals surface area contributed by atoms with Crippen LogP contribution < -0.4 is 10.6 Å². The Bertz CT molecular complexity index is 862. The summed E-state index contributed by atoms with van der Waals surface area (Å²) < 4.78 is 7.22. The Hall–Kier alpha value is -2.30. The second-order valence-corrected chi connectivity index (χ2v) is 8.34. The van der Waals surface area contributed by atoms with Gasteiger partial charge in [-0.3, -0.25) is 0 Å². The van der Waals surface area contributed by atoms with Crippen LogP contribution in [0.1, 0.15) is 39.8 Å². The van der Waals surface area contributed by atoms with E-state index in [-0.39, 0.29) is 36.1 Å². The molecule has 1 aromatic carbocycles. The van der Waals surface area contributed by atoms with Gasteiger partial charge >= 0.3 is 6.09 Å². The number of guanidine groups is 1. The fraction of sp³-hybridized carbons (Fsp3) is 0.500. The predicted molar refractivity (Wildman–Crippen MR) is 133 cm³/mol. The molecule has 3 rings (SSSR count). The van der Waals surface area contributed by atoms with Crippen molar-refractivity contribution in [1.82, 2.24) is 25.3 Å². The molecular weight excluding hydrogens is 507 g/mol. The molecule has 0 aliphatic carbocycles. The first-order chi connectivity index (χ1) is 14.3. The molecular formula is C22H33IN6O2. The van der Waals surface area contributed by atoms with Crippen LogP contribution in [0.15, 0.2) is 47.6 Å². The van der Waals surface area contributed by atoms with E-state index >= 15 is 0 Å². The second-order valence-electron chi connectivity index (χ2n) is 8.34. The van der Waals surface area contributed by atoms with Crippen LogP contribution in [0, 0.1) is 0 Å². The topological polar surface area (TPSA) is 83.8 Å². The van der Waals surface area contributed by atoms with Crippen LogP contribution in [0.3, 0.4) is 0 Å². The lowest BCUT2D eigenvalue weighted by Crippen LogP contribution is -2.44. The molecule has 0 bridgehead atoms. The minimum atomic E-state index is -0.498. The number of alkyl carbamates (subject to hydrolysis) is 1. The highest BCUT2D eigenvalue weighted by Crippen LogP contribution is 2.13. The molecule has 8 nitrogen and oxygen atoms in total. The summed E-state index contributed by atoms with van der Waals surface area (Å²) in [6, 6.07) is 12.0. The standard InChI is InChI=1S/C22H32N6O2.HI/c1-5-23-20(27-13-11-18(16-27)25-21(29)30-22(2,3)4)24-15-17-12-14-28(26-17)19-9-7-6-8-10-19;/h6-10,12,14,18H,5,11,13,15-16H2,1-4H3,(H,23,24)(H,25,29);1H. The number of nitrogens with one attached hydrogen (secondary N) is 2. The molecule has 1 saturated heterocycles. The molecule has 0 spiro atoms. The molecule has 1 aliphatic heterocycles. The second kappa shape index (κ2) is 11.4. The van der Waals surface area contributed by atoms with Crippen LogP contribution in [0.2, 0.25) is 0 Å². The molecule has 170 valence electrons. The molecule has 1 atom stereocenters. The third kappa shape index (κ3) is 7.71. The summed E-state index contributed by atoms with van der Waals surface area (Å²) >= 11 is 0. The van der Waals surface area contributed by atoms with Gasteiger partial charge in [-0.2, -0.15) is 5.10 Å². The van der Waals surface area contributed by atoms with E-state index in [1.165, 1.54) is 0 Å². The number of nitrogens with zero attached hydrogens (tertiary/aromatic N) is 4. The number of halogens is 1. The van der Waals surface area contributed by atoms with Crippen molar-refractivity contribution in [2.75, 3.05) is 19.6 Å². The first-order valence-corrected chi connectivity index (χ1v) is 10.5. The van der Waals surface area contributed by atoms with E-state index in [4.69, 9.17) is 9.73 Å². The highest BCUT2D eigenvalue weighted by atomic mass is 127. The summed E-state index contributed by atoms with van der Waals surface area (Å²) in [5.41, 5.74) is 1.43. The summed E-state index contributed by atoms with van der Waals surface area (Å²) in [5.74, 6) is 0.834. The van der Waals surface area contributed by atoms with E-state index in [9.17, 15) is 4.79 Å². The Morgan fingerprint density at radius 1 is 1.26 bits per heavy atom.